The highest BCUT2D eigenvalue weighted by molar-refractivity contribution is 5.48. The van der Waals surface area contributed by atoms with Crippen LogP contribution in [0.1, 0.15) is 30.0 Å². The molecule has 92 valence electrons. The summed E-state index contributed by atoms with van der Waals surface area (Å²) < 4.78 is 13.7. The molecular weight excluding hydrogens is 225 g/mol. The topological polar surface area (TPSA) is 12.0 Å². The van der Waals surface area contributed by atoms with Gasteiger partial charge in [-0.05, 0) is 42.5 Å². The number of anilines is 1. The second kappa shape index (κ2) is 4.81. The molecule has 2 aromatic carbocycles. The third-order valence-electron chi connectivity index (χ3n) is 3.57. The molecule has 3 rings (SSSR count). The van der Waals surface area contributed by atoms with Crippen LogP contribution in [0.5, 0.6) is 0 Å². The van der Waals surface area contributed by atoms with Crippen molar-refractivity contribution in [2.45, 2.75) is 25.3 Å². The number of nitrogens with one attached hydrogen (secondary N) is 1. The van der Waals surface area contributed by atoms with Crippen molar-refractivity contribution in [3.8, 4) is 0 Å². The van der Waals surface area contributed by atoms with Crippen LogP contribution in [0.4, 0.5) is 10.1 Å². The molecule has 0 spiro atoms. The fourth-order valence-corrected chi connectivity index (χ4v) is 2.67. The highest BCUT2D eigenvalue weighted by Crippen LogP contribution is 2.32. The highest BCUT2D eigenvalue weighted by atomic mass is 19.1. The summed E-state index contributed by atoms with van der Waals surface area (Å²) >= 11 is 0. The Morgan fingerprint density at radius 1 is 1.00 bits per heavy atom. The summed E-state index contributed by atoms with van der Waals surface area (Å²) in [6.45, 7) is 0. The van der Waals surface area contributed by atoms with E-state index in [1.54, 1.807) is 12.1 Å². The van der Waals surface area contributed by atoms with Gasteiger partial charge in [0.05, 0.1) is 11.7 Å². The molecule has 2 heteroatoms. The minimum absolute atomic E-state index is 0.180. The molecule has 1 nitrogen and oxygen atoms in total. The predicted octanol–water partition coefficient (Wildman–Crippen LogP) is 4.32. The average Bonchev–Trinajstić information content (AvgIpc) is 2.42. The molecule has 0 heterocycles. The highest BCUT2D eigenvalue weighted by Gasteiger charge is 2.20. The summed E-state index contributed by atoms with van der Waals surface area (Å²) in [5.41, 5.74) is 3.30. The van der Waals surface area contributed by atoms with Crippen LogP contribution in [-0.2, 0) is 6.42 Å². The maximum absolute atomic E-state index is 13.7. The molecule has 0 aliphatic heterocycles. The molecule has 0 saturated carbocycles. The van der Waals surface area contributed by atoms with E-state index >= 15 is 0 Å². The molecule has 0 fully saturated rings. The zero-order valence-electron chi connectivity index (χ0n) is 10.2. The second-order valence-corrected chi connectivity index (χ2v) is 4.77. The van der Waals surface area contributed by atoms with Gasteiger partial charge in [0.1, 0.15) is 5.82 Å². The number of hydrogen-bond donors (Lipinski definition) is 1. The Bertz CT molecular complexity index is 550. The number of hydrogen-bond acceptors (Lipinski definition) is 1. The smallest absolute Gasteiger partial charge is 0.146 e. The first kappa shape index (κ1) is 11.3. The van der Waals surface area contributed by atoms with Crippen LogP contribution in [0.3, 0.4) is 0 Å². The number of aryl methyl sites for hydroxylation is 1. The third-order valence-corrected chi connectivity index (χ3v) is 3.57. The monoisotopic (exact) mass is 241 g/mol. The van der Waals surface area contributed by atoms with Crippen molar-refractivity contribution >= 4 is 5.69 Å². The summed E-state index contributed by atoms with van der Waals surface area (Å²) in [6, 6.07) is 15.5. The predicted molar refractivity (Wildman–Crippen MR) is 72.1 cm³/mol. The van der Waals surface area contributed by atoms with Gasteiger partial charge >= 0.3 is 0 Å². The van der Waals surface area contributed by atoms with Gasteiger partial charge in [-0.1, -0.05) is 36.4 Å². The van der Waals surface area contributed by atoms with Crippen molar-refractivity contribution in [2.24, 2.45) is 0 Å². The average molecular weight is 241 g/mol. The van der Waals surface area contributed by atoms with Crippen molar-refractivity contribution in [2.75, 3.05) is 5.32 Å². The minimum Gasteiger partial charge on any atom is -0.376 e. The van der Waals surface area contributed by atoms with Gasteiger partial charge in [0.2, 0.25) is 0 Å². The summed E-state index contributed by atoms with van der Waals surface area (Å²) in [4.78, 5) is 0. The maximum atomic E-state index is 13.7. The van der Waals surface area contributed by atoms with Crippen LogP contribution in [0.15, 0.2) is 48.5 Å². The Morgan fingerprint density at radius 3 is 2.67 bits per heavy atom. The van der Waals surface area contributed by atoms with Crippen LogP contribution in [-0.4, -0.2) is 0 Å². The van der Waals surface area contributed by atoms with Gasteiger partial charge in [-0.2, -0.15) is 0 Å². The van der Waals surface area contributed by atoms with Crippen molar-refractivity contribution < 1.29 is 4.39 Å². The van der Waals surface area contributed by atoms with Crippen LogP contribution >= 0.6 is 0 Å². The molecule has 0 amide bonds. The summed E-state index contributed by atoms with van der Waals surface area (Å²) in [5.74, 6) is -0.180. The molecule has 0 saturated heterocycles. The fraction of sp³-hybridized carbons (Fsp3) is 0.250. The number of benzene rings is 2. The van der Waals surface area contributed by atoms with E-state index in [2.05, 4.69) is 29.6 Å². The molecule has 1 N–H and O–H groups in total. The van der Waals surface area contributed by atoms with Crippen LogP contribution in [0.25, 0.3) is 0 Å². The van der Waals surface area contributed by atoms with E-state index in [0.29, 0.717) is 5.69 Å². The van der Waals surface area contributed by atoms with Gasteiger partial charge in [-0.15, -0.1) is 0 Å². The Kier molecular flexibility index (Phi) is 3.01. The molecule has 1 aliphatic carbocycles. The first-order valence-corrected chi connectivity index (χ1v) is 6.43. The molecule has 1 atom stereocenters. The summed E-state index contributed by atoms with van der Waals surface area (Å²) in [6.07, 6.45) is 3.35. The Balaban J connectivity index is 1.89. The van der Waals surface area contributed by atoms with Crippen LogP contribution < -0.4 is 5.32 Å². The lowest BCUT2D eigenvalue weighted by atomic mass is 9.87. The van der Waals surface area contributed by atoms with Crippen molar-refractivity contribution in [3.63, 3.8) is 0 Å². The van der Waals surface area contributed by atoms with Crippen molar-refractivity contribution in [1.82, 2.24) is 0 Å². The lowest BCUT2D eigenvalue weighted by molar-refractivity contribution is 0.586. The molecule has 1 aliphatic rings. The van der Waals surface area contributed by atoms with E-state index in [4.69, 9.17) is 0 Å². The number of rotatable bonds is 2. The van der Waals surface area contributed by atoms with E-state index in [0.717, 1.165) is 19.3 Å². The van der Waals surface area contributed by atoms with Gasteiger partial charge in [0.15, 0.2) is 0 Å². The lowest BCUT2D eigenvalue weighted by Gasteiger charge is -2.27. The zero-order valence-corrected chi connectivity index (χ0v) is 10.2. The van der Waals surface area contributed by atoms with E-state index in [-0.39, 0.29) is 11.9 Å². The fourth-order valence-electron chi connectivity index (χ4n) is 2.67. The molecular formula is C16H16FN. The van der Waals surface area contributed by atoms with Gasteiger partial charge in [0.25, 0.3) is 0 Å². The molecule has 18 heavy (non-hydrogen) atoms. The van der Waals surface area contributed by atoms with Gasteiger partial charge in [0, 0.05) is 0 Å². The lowest BCUT2D eigenvalue weighted by Crippen LogP contribution is -2.17. The van der Waals surface area contributed by atoms with Crippen molar-refractivity contribution in [1.29, 1.82) is 0 Å². The van der Waals surface area contributed by atoms with Gasteiger partial charge in [-0.3, -0.25) is 0 Å². The van der Waals surface area contributed by atoms with E-state index in [9.17, 15) is 4.39 Å². The minimum atomic E-state index is -0.180. The quantitative estimate of drug-likeness (QED) is 0.825. The summed E-state index contributed by atoms with van der Waals surface area (Å²) in [5, 5.41) is 3.33. The third kappa shape index (κ3) is 2.10. The Hall–Kier alpha value is -1.83. The molecule has 1 unspecified atom stereocenters. The SMILES string of the molecule is Fc1ccccc1NC1CCCc2ccccc21. The zero-order chi connectivity index (χ0) is 12.4. The second-order valence-electron chi connectivity index (χ2n) is 4.77. The van der Waals surface area contributed by atoms with E-state index in [1.165, 1.54) is 17.2 Å². The first-order chi connectivity index (χ1) is 8.84. The number of para-hydroxylation sites is 1. The van der Waals surface area contributed by atoms with Gasteiger partial charge < -0.3 is 5.32 Å². The molecule has 0 aromatic heterocycles. The van der Waals surface area contributed by atoms with E-state index in [1.807, 2.05) is 6.07 Å². The number of halogens is 1. The Morgan fingerprint density at radius 2 is 1.78 bits per heavy atom. The van der Waals surface area contributed by atoms with Crippen LogP contribution in [0, 0.1) is 5.82 Å². The number of fused-ring (bicyclic) bond motifs is 1. The first-order valence-electron chi connectivity index (χ1n) is 6.43. The standard InChI is InChI=1S/C16H16FN/c17-14-9-3-4-10-16(14)18-15-11-5-7-12-6-1-2-8-13(12)15/h1-4,6,8-10,15,18H,5,7,11H2. The van der Waals surface area contributed by atoms with Crippen LogP contribution in [0.2, 0.25) is 0 Å². The van der Waals surface area contributed by atoms with Gasteiger partial charge in [-0.25, -0.2) is 4.39 Å². The Labute approximate surface area is 107 Å². The van der Waals surface area contributed by atoms with Crippen molar-refractivity contribution in [3.05, 3.63) is 65.5 Å². The largest absolute Gasteiger partial charge is 0.376 e. The molecule has 0 radical (unpaired) electrons. The molecule has 2 aromatic rings. The molecule has 0 bridgehead atoms. The normalized spacial score (nSPS) is 18.2. The van der Waals surface area contributed by atoms with E-state index < -0.39 is 0 Å². The summed E-state index contributed by atoms with van der Waals surface area (Å²) in [7, 11) is 0. The maximum Gasteiger partial charge on any atom is 0.146 e.